The average Bonchev–Trinajstić information content (AvgIpc) is 2.12. The van der Waals surface area contributed by atoms with Gasteiger partial charge in [-0.2, -0.15) is 0 Å². The largest absolute Gasteiger partial charge is 0.398 e. The van der Waals surface area contributed by atoms with Crippen molar-refractivity contribution in [2.75, 3.05) is 5.73 Å². The van der Waals surface area contributed by atoms with Crippen LogP contribution in [0, 0.1) is 19.7 Å². The van der Waals surface area contributed by atoms with E-state index in [-0.39, 0.29) is 5.82 Å². The molecule has 0 fully saturated rings. The van der Waals surface area contributed by atoms with Crippen molar-refractivity contribution in [3.63, 3.8) is 0 Å². The first-order valence-corrected chi connectivity index (χ1v) is 4.41. The average molecular weight is 190 g/mol. The minimum absolute atomic E-state index is 0.241. The molecule has 0 amide bonds. The van der Waals surface area contributed by atoms with Gasteiger partial charge in [0.25, 0.3) is 0 Å². The van der Waals surface area contributed by atoms with Gasteiger partial charge < -0.3 is 5.73 Å². The van der Waals surface area contributed by atoms with E-state index >= 15 is 0 Å². The molecule has 2 aromatic rings. The van der Waals surface area contributed by atoms with E-state index in [1.165, 1.54) is 6.07 Å². The molecule has 0 unspecified atom stereocenters. The summed E-state index contributed by atoms with van der Waals surface area (Å²) in [6, 6.07) is 4.88. The Kier molecular flexibility index (Phi) is 1.88. The number of aryl methyl sites for hydroxylation is 2. The maximum absolute atomic E-state index is 13.2. The van der Waals surface area contributed by atoms with Crippen molar-refractivity contribution >= 4 is 16.6 Å². The Balaban J connectivity index is 2.95. The Hall–Kier alpha value is -1.64. The maximum atomic E-state index is 13.2. The first kappa shape index (κ1) is 8.94. The summed E-state index contributed by atoms with van der Waals surface area (Å²) in [6.07, 6.45) is 0. The summed E-state index contributed by atoms with van der Waals surface area (Å²) in [7, 11) is 0. The second kappa shape index (κ2) is 2.94. The van der Waals surface area contributed by atoms with Crippen molar-refractivity contribution in [3.8, 4) is 0 Å². The van der Waals surface area contributed by atoms with Crippen LogP contribution in [0.25, 0.3) is 10.9 Å². The molecule has 2 N–H and O–H groups in total. The lowest BCUT2D eigenvalue weighted by molar-refractivity contribution is 0.620. The molecule has 2 rings (SSSR count). The zero-order chi connectivity index (χ0) is 10.3. The molecule has 0 aliphatic carbocycles. The van der Waals surface area contributed by atoms with Crippen molar-refractivity contribution in [1.29, 1.82) is 0 Å². The molecule has 14 heavy (non-hydrogen) atoms. The molecule has 2 nitrogen and oxygen atoms in total. The van der Waals surface area contributed by atoms with E-state index < -0.39 is 0 Å². The van der Waals surface area contributed by atoms with Crippen LogP contribution in [0.15, 0.2) is 18.2 Å². The van der Waals surface area contributed by atoms with Gasteiger partial charge in [0.1, 0.15) is 5.82 Å². The second-order valence-electron chi connectivity index (χ2n) is 3.42. The van der Waals surface area contributed by atoms with Crippen LogP contribution in [0.3, 0.4) is 0 Å². The molecule has 0 bridgehead atoms. The molecular weight excluding hydrogens is 179 g/mol. The summed E-state index contributed by atoms with van der Waals surface area (Å²) in [4.78, 5) is 4.28. The molecule has 0 saturated heterocycles. The van der Waals surface area contributed by atoms with E-state index in [4.69, 9.17) is 5.73 Å². The van der Waals surface area contributed by atoms with Gasteiger partial charge in [-0.1, -0.05) is 0 Å². The standard InChI is InChI=1S/C11H11FN2/c1-6-5-10(13)8-3-4-9(12)7(2)11(8)14-6/h3-5H,1-2H3,(H2,13,14). The summed E-state index contributed by atoms with van der Waals surface area (Å²) in [5.41, 5.74) is 8.48. The quantitative estimate of drug-likeness (QED) is 0.693. The Bertz CT molecular complexity index is 506. The highest BCUT2D eigenvalue weighted by molar-refractivity contribution is 5.92. The van der Waals surface area contributed by atoms with E-state index in [9.17, 15) is 4.39 Å². The first-order valence-electron chi connectivity index (χ1n) is 4.41. The lowest BCUT2D eigenvalue weighted by Crippen LogP contribution is -1.95. The predicted molar refractivity (Wildman–Crippen MR) is 55.6 cm³/mol. The third-order valence-corrected chi connectivity index (χ3v) is 2.33. The molecule has 0 radical (unpaired) electrons. The predicted octanol–water partition coefficient (Wildman–Crippen LogP) is 2.57. The number of hydrogen-bond donors (Lipinski definition) is 1. The second-order valence-corrected chi connectivity index (χ2v) is 3.42. The van der Waals surface area contributed by atoms with Crippen molar-refractivity contribution in [2.45, 2.75) is 13.8 Å². The van der Waals surface area contributed by atoms with Gasteiger partial charge in [-0.25, -0.2) is 4.39 Å². The van der Waals surface area contributed by atoms with Gasteiger partial charge in [0.05, 0.1) is 5.52 Å². The van der Waals surface area contributed by atoms with Gasteiger partial charge in [-0.05, 0) is 32.0 Å². The third-order valence-electron chi connectivity index (χ3n) is 2.33. The van der Waals surface area contributed by atoms with Crippen molar-refractivity contribution < 1.29 is 4.39 Å². The third kappa shape index (κ3) is 1.21. The Morgan fingerprint density at radius 1 is 1.29 bits per heavy atom. The molecule has 0 aliphatic rings. The molecule has 0 saturated carbocycles. The smallest absolute Gasteiger partial charge is 0.128 e. The van der Waals surface area contributed by atoms with E-state index in [2.05, 4.69) is 4.98 Å². The highest BCUT2D eigenvalue weighted by atomic mass is 19.1. The van der Waals surface area contributed by atoms with Crippen LogP contribution in [0.4, 0.5) is 10.1 Å². The van der Waals surface area contributed by atoms with Crippen LogP contribution >= 0.6 is 0 Å². The van der Waals surface area contributed by atoms with Gasteiger partial charge in [-0.15, -0.1) is 0 Å². The summed E-state index contributed by atoms with van der Waals surface area (Å²) in [6.45, 7) is 3.56. The summed E-state index contributed by atoms with van der Waals surface area (Å²) >= 11 is 0. The van der Waals surface area contributed by atoms with Crippen molar-refractivity contribution in [1.82, 2.24) is 4.98 Å². The maximum Gasteiger partial charge on any atom is 0.128 e. The molecule has 1 aromatic carbocycles. The number of fused-ring (bicyclic) bond motifs is 1. The van der Waals surface area contributed by atoms with Gasteiger partial charge in [-0.3, -0.25) is 4.98 Å². The fourth-order valence-electron chi connectivity index (χ4n) is 1.56. The molecule has 1 aromatic heterocycles. The Morgan fingerprint density at radius 3 is 2.71 bits per heavy atom. The lowest BCUT2D eigenvalue weighted by Gasteiger charge is -2.06. The van der Waals surface area contributed by atoms with E-state index in [0.717, 1.165) is 11.1 Å². The number of hydrogen-bond acceptors (Lipinski definition) is 2. The minimum atomic E-state index is -0.241. The number of nitrogen functional groups attached to an aromatic ring is 1. The molecule has 72 valence electrons. The van der Waals surface area contributed by atoms with Crippen LogP contribution in [-0.4, -0.2) is 4.98 Å². The van der Waals surface area contributed by atoms with Crippen LogP contribution in [0.2, 0.25) is 0 Å². The lowest BCUT2D eigenvalue weighted by atomic mass is 10.1. The molecular formula is C11H11FN2. The van der Waals surface area contributed by atoms with Crippen LogP contribution in [-0.2, 0) is 0 Å². The SMILES string of the molecule is Cc1cc(N)c2ccc(F)c(C)c2n1. The normalized spacial score (nSPS) is 10.8. The van der Waals surface area contributed by atoms with Crippen LogP contribution < -0.4 is 5.73 Å². The number of aromatic nitrogens is 1. The van der Waals surface area contributed by atoms with Gasteiger partial charge in [0, 0.05) is 22.3 Å². The zero-order valence-corrected chi connectivity index (χ0v) is 8.13. The number of benzene rings is 1. The highest BCUT2D eigenvalue weighted by Gasteiger charge is 2.07. The summed E-state index contributed by atoms with van der Waals surface area (Å²) in [5, 5.41) is 0.814. The minimum Gasteiger partial charge on any atom is -0.398 e. The summed E-state index contributed by atoms with van der Waals surface area (Å²) in [5.74, 6) is -0.241. The molecule has 0 aliphatic heterocycles. The number of anilines is 1. The highest BCUT2D eigenvalue weighted by Crippen LogP contribution is 2.24. The van der Waals surface area contributed by atoms with Crippen LogP contribution in [0.1, 0.15) is 11.3 Å². The molecule has 0 spiro atoms. The number of pyridine rings is 1. The Labute approximate surface area is 81.6 Å². The number of rotatable bonds is 0. The number of nitrogens with zero attached hydrogens (tertiary/aromatic N) is 1. The molecule has 1 heterocycles. The number of halogens is 1. The van der Waals surface area contributed by atoms with Crippen LogP contribution in [0.5, 0.6) is 0 Å². The fourth-order valence-corrected chi connectivity index (χ4v) is 1.56. The van der Waals surface area contributed by atoms with Gasteiger partial charge in [0.15, 0.2) is 0 Å². The van der Waals surface area contributed by atoms with E-state index in [1.54, 1.807) is 19.1 Å². The fraction of sp³-hybridized carbons (Fsp3) is 0.182. The first-order chi connectivity index (χ1) is 6.59. The van der Waals surface area contributed by atoms with E-state index in [1.807, 2.05) is 6.92 Å². The van der Waals surface area contributed by atoms with Crippen molar-refractivity contribution in [3.05, 3.63) is 35.3 Å². The number of nitrogens with two attached hydrogens (primary N) is 1. The van der Waals surface area contributed by atoms with Crippen molar-refractivity contribution in [2.24, 2.45) is 0 Å². The summed E-state index contributed by atoms with van der Waals surface area (Å²) < 4.78 is 13.2. The van der Waals surface area contributed by atoms with Gasteiger partial charge >= 0.3 is 0 Å². The van der Waals surface area contributed by atoms with Gasteiger partial charge in [0.2, 0.25) is 0 Å². The molecule has 3 heteroatoms. The van der Waals surface area contributed by atoms with E-state index in [0.29, 0.717) is 16.8 Å². The monoisotopic (exact) mass is 190 g/mol. The molecule has 0 atom stereocenters. The topological polar surface area (TPSA) is 38.9 Å². The zero-order valence-electron chi connectivity index (χ0n) is 8.13. The Morgan fingerprint density at radius 2 is 2.00 bits per heavy atom.